The van der Waals surface area contributed by atoms with Crippen molar-refractivity contribution < 1.29 is 0 Å². The minimum Gasteiger partial charge on any atom is -0.131 e. The Morgan fingerprint density at radius 2 is 2.15 bits per heavy atom. The number of rotatable bonds is 5. The Bertz CT molecular complexity index is 254. The zero-order valence-electron chi connectivity index (χ0n) is 7.49. The van der Waals surface area contributed by atoms with Crippen LogP contribution in [0.1, 0.15) is 6.92 Å². The Morgan fingerprint density at radius 1 is 1.46 bits per heavy atom. The molecule has 1 rings (SSSR count). The quantitative estimate of drug-likeness (QED) is 0.595. The van der Waals surface area contributed by atoms with Crippen molar-refractivity contribution in [2.45, 2.75) is 15.6 Å². The zero-order valence-corrected chi connectivity index (χ0v) is 10.7. The fraction of sp³-hybridized carbons (Fsp3) is 0.714. The number of thioether (sulfide) groups is 2. The van der Waals surface area contributed by atoms with E-state index in [-0.39, 0.29) is 0 Å². The van der Waals surface area contributed by atoms with Gasteiger partial charge in [-0.05, 0) is 12.2 Å². The molecule has 2 nitrogen and oxygen atoms in total. The van der Waals surface area contributed by atoms with Gasteiger partial charge in [0.25, 0.3) is 0 Å². The maximum Gasteiger partial charge on any atom is 0.175 e. The lowest BCUT2D eigenvalue weighted by atomic mass is 10.3. The van der Waals surface area contributed by atoms with Gasteiger partial charge < -0.3 is 0 Å². The van der Waals surface area contributed by atoms with E-state index in [0.717, 1.165) is 14.4 Å². The highest BCUT2D eigenvalue weighted by Gasteiger charge is 2.06. The fourth-order valence-electron chi connectivity index (χ4n) is 0.596. The summed E-state index contributed by atoms with van der Waals surface area (Å²) >= 11 is 10.7. The lowest BCUT2D eigenvalue weighted by Gasteiger charge is -2.02. The molecular weight excluding hydrogens is 244 g/mol. The van der Waals surface area contributed by atoms with Crippen LogP contribution in [0.4, 0.5) is 0 Å². The zero-order chi connectivity index (χ0) is 9.68. The van der Waals surface area contributed by atoms with Gasteiger partial charge in [-0.15, -0.1) is 21.8 Å². The Labute approximate surface area is 95.9 Å². The van der Waals surface area contributed by atoms with Crippen molar-refractivity contribution in [3.8, 4) is 0 Å². The van der Waals surface area contributed by atoms with E-state index in [2.05, 4.69) is 17.1 Å². The number of halogens is 1. The molecule has 0 aromatic carbocycles. The van der Waals surface area contributed by atoms with Gasteiger partial charge in [0.2, 0.25) is 0 Å². The van der Waals surface area contributed by atoms with E-state index in [1.807, 2.05) is 6.26 Å². The third kappa shape index (κ3) is 4.06. The van der Waals surface area contributed by atoms with Gasteiger partial charge >= 0.3 is 0 Å². The van der Waals surface area contributed by atoms with Gasteiger partial charge in [-0.3, -0.25) is 0 Å². The highest BCUT2D eigenvalue weighted by molar-refractivity contribution is 8.02. The molecule has 0 bridgehead atoms. The van der Waals surface area contributed by atoms with Crippen LogP contribution < -0.4 is 0 Å². The van der Waals surface area contributed by atoms with Crippen LogP contribution in [0.25, 0.3) is 0 Å². The summed E-state index contributed by atoms with van der Waals surface area (Å²) in [4.78, 5) is 0. The molecule has 0 aliphatic heterocycles. The van der Waals surface area contributed by atoms with E-state index >= 15 is 0 Å². The van der Waals surface area contributed by atoms with Crippen LogP contribution in [0.15, 0.2) is 8.68 Å². The predicted octanol–water partition coefficient (Wildman–Crippen LogP) is 3.23. The summed E-state index contributed by atoms with van der Waals surface area (Å²) < 4.78 is 2.07. The largest absolute Gasteiger partial charge is 0.175 e. The highest BCUT2D eigenvalue weighted by Crippen LogP contribution is 2.28. The maximum absolute atomic E-state index is 5.70. The van der Waals surface area contributed by atoms with Crippen LogP contribution in [0.2, 0.25) is 0 Å². The molecule has 0 radical (unpaired) electrons. The van der Waals surface area contributed by atoms with E-state index in [4.69, 9.17) is 11.6 Å². The molecule has 1 heterocycles. The van der Waals surface area contributed by atoms with Crippen molar-refractivity contribution in [1.29, 1.82) is 0 Å². The molecule has 1 atom stereocenters. The molecule has 0 aliphatic rings. The molecule has 1 aromatic rings. The van der Waals surface area contributed by atoms with Gasteiger partial charge in [-0.25, -0.2) is 0 Å². The van der Waals surface area contributed by atoms with E-state index in [1.165, 1.54) is 0 Å². The minimum absolute atomic E-state index is 0.535. The molecule has 0 spiro atoms. The van der Waals surface area contributed by atoms with E-state index in [0.29, 0.717) is 11.8 Å². The molecule has 0 saturated heterocycles. The van der Waals surface area contributed by atoms with Crippen LogP contribution in [0, 0.1) is 5.92 Å². The Balaban J connectivity index is 2.36. The van der Waals surface area contributed by atoms with Crippen molar-refractivity contribution in [3.05, 3.63) is 0 Å². The van der Waals surface area contributed by atoms with Gasteiger partial charge in [0, 0.05) is 11.6 Å². The molecule has 0 amide bonds. The molecule has 6 heteroatoms. The molecule has 1 unspecified atom stereocenters. The average Bonchev–Trinajstić information content (AvgIpc) is 2.61. The third-order valence-corrected chi connectivity index (χ3v) is 5.21. The van der Waals surface area contributed by atoms with Crippen molar-refractivity contribution in [2.24, 2.45) is 5.92 Å². The molecule has 0 saturated carbocycles. The van der Waals surface area contributed by atoms with Gasteiger partial charge in [-0.1, -0.05) is 41.8 Å². The third-order valence-electron chi connectivity index (χ3n) is 1.32. The summed E-state index contributed by atoms with van der Waals surface area (Å²) in [5, 5.41) is 8.08. The van der Waals surface area contributed by atoms with Gasteiger partial charge in [-0.2, -0.15) is 0 Å². The summed E-state index contributed by atoms with van der Waals surface area (Å²) in [6, 6.07) is 0. The molecule has 0 fully saturated rings. The number of hydrogen-bond acceptors (Lipinski definition) is 5. The molecule has 0 aliphatic carbocycles. The first-order chi connectivity index (χ1) is 6.26. The van der Waals surface area contributed by atoms with Crippen LogP contribution in [0.5, 0.6) is 0 Å². The molecular formula is C7H11ClN2S3. The Hall–Kier alpha value is 0.550. The van der Waals surface area contributed by atoms with Gasteiger partial charge in [0.15, 0.2) is 8.68 Å². The first kappa shape index (κ1) is 11.6. The minimum atomic E-state index is 0.535. The summed E-state index contributed by atoms with van der Waals surface area (Å²) in [6.45, 7) is 2.14. The van der Waals surface area contributed by atoms with E-state index in [1.54, 1.807) is 34.9 Å². The lowest BCUT2D eigenvalue weighted by molar-refractivity contribution is 0.758. The summed E-state index contributed by atoms with van der Waals surface area (Å²) in [5.74, 6) is 2.27. The number of nitrogens with zero attached hydrogens (tertiary/aromatic N) is 2. The second kappa shape index (κ2) is 6.11. The number of hydrogen-bond donors (Lipinski definition) is 0. The van der Waals surface area contributed by atoms with Crippen molar-refractivity contribution in [3.63, 3.8) is 0 Å². The van der Waals surface area contributed by atoms with Crippen molar-refractivity contribution >= 4 is 46.5 Å². The molecule has 13 heavy (non-hydrogen) atoms. The van der Waals surface area contributed by atoms with Crippen molar-refractivity contribution in [1.82, 2.24) is 10.2 Å². The first-order valence-corrected chi connectivity index (χ1v) is 7.38. The second-order valence-electron chi connectivity index (χ2n) is 2.61. The molecule has 1 aromatic heterocycles. The van der Waals surface area contributed by atoms with Crippen LogP contribution in [-0.2, 0) is 0 Å². The summed E-state index contributed by atoms with van der Waals surface area (Å²) in [6.07, 6.45) is 2.01. The monoisotopic (exact) mass is 254 g/mol. The normalized spacial score (nSPS) is 13.2. The Kier molecular flexibility index (Phi) is 5.47. The highest BCUT2D eigenvalue weighted by atomic mass is 35.5. The van der Waals surface area contributed by atoms with Crippen LogP contribution >= 0.6 is 46.5 Å². The van der Waals surface area contributed by atoms with Crippen molar-refractivity contribution in [2.75, 3.05) is 17.9 Å². The average molecular weight is 255 g/mol. The standard InChI is InChI=1S/C7H11ClN2S3/c1-5(3-8)4-12-7-10-9-6(11-2)13-7/h5H,3-4H2,1-2H3. The lowest BCUT2D eigenvalue weighted by Crippen LogP contribution is -1.98. The first-order valence-electron chi connectivity index (χ1n) is 3.82. The van der Waals surface area contributed by atoms with Gasteiger partial charge in [0.05, 0.1) is 0 Å². The SMILES string of the molecule is CSc1nnc(SCC(C)CCl)s1. The van der Waals surface area contributed by atoms with E-state index in [9.17, 15) is 0 Å². The van der Waals surface area contributed by atoms with E-state index < -0.39 is 0 Å². The predicted molar refractivity (Wildman–Crippen MR) is 62.3 cm³/mol. The summed E-state index contributed by atoms with van der Waals surface area (Å²) in [5.41, 5.74) is 0. The van der Waals surface area contributed by atoms with Gasteiger partial charge in [0.1, 0.15) is 0 Å². The summed E-state index contributed by atoms with van der Waals surface area (Å²) in [7, 11) is 0. The molecule has 0 N–H and O–H groups in total. The topological polar surface area (TPSA) is 25.8 Å². The maximum atomic E-state index is 5.70. The number of aromatic nitrogens is 2. The molecule has 74 valence electrons. The van der Waals surface area contributed by atoms with Crippen LogP contribution in [0.3, 0.4) is 0 Å². The fourth-order valence-corrected chi connectivity index (χ4v) is 3.32. The smallest absolute Gasteiger partial charge is 0.131 e. The number of alkyl halides is 1. The second-order valence-corrected chi connectivity index (χ2v) is 6.22. The Morgan fingerprint density at radius 3 is 2.69 bits per heavy atom. The van der Waals surface area contributed by atoms with Crippen LogP contribution in [-0.4, -0.2) is 28.1 Å².